The number of pyridine rings is 1. The second kappa shape index (κ2) is 8.61. The summed E-state index contributed by atoms with van der Waals surface area (Å²) in [5, 5.41) is 9.92. The second-order valence-corrected chi connectivity index (χ2v) is 7.44. The molecule has 0 saturated carbocycles. The maximum atomic E-state index is 14.7. The first-order valence-corrected chi connectivity index (χ1v) is 9.89. The van der Waals surface area contributed by atoms with E-state index >= 15 is 0 Å². The zero-order valence-electron chi connectivity index (χ0n) is 16.4. The third-order valence-electron chi connectivity index (χ3n) is 4.93. The van der Waals surface area contributed by atoms with Gasteiger partial charge in [0.15, 0.2) is 5.78 Å². The van der Waals surface area contributed by atoms with Crippen molar-refractivity contribution in [3.63, 3.8) is 0 Å². The molecule has 1 aromatic heterocycles. The lowest BCUT2D eigenvalue weighted by molar-refractivity contribution is 0.0696. The number of allylic oxidation sites excluding steroid dienone is 1. The topological polar surface area (TPSA) is 87.2 Å². The minimum atomic E-state index is -1.10. The SMILES string of the molecule is O=C(O)c1cccc(/C=C/C(=O)c2c(-c3ccccc3F)c3cc(Cl)ccc3[nH]c2=O)c1. The normalized spacial score (nSPS) is 11.2. The maximum Gasteiger partial charge on any atom is 0.335 e. The van der Waals surface area contributed by atoms with Crippen molar-refractivity contribution in [2.45, 2.75) is 0 Å². The predicted octanol–water partition coefficient (Wildman–Crippen LogP) is 5.58. The number of aromatic amines is 1. The van der Waals surface area contributed by atoms with E-state index in [0.717, 1.165) is 6.08 Å². The molecule has 0 aliphatic heterocycles. The first kappa shape index (κ1) is 21.2. The van der Waals surface area contributed by atoms with E-state index in [0.29, 0.717) is 21.5 Å². The number of hydrogen-bond acceptors (Lipinski definition) is 3. The Labute approximate surface area is 186 Å². The van der Waals surface area contributed by atoms with Crippen LogP contribution in [0.25, 0.3) is 28.1 Å². The standard InChI is InChI=1S/C25H15ClFNO4/c26-16-9-10-20-18(13-16)22(17-6-1-2-7-19(17)27)23(24(30)28-20)21(29)11-8-14-4-3-5-15(12-14)25(31)32/h1-13H,(H,28,30)(H,31,32)/b11-8+. The van der Waals surface area contributed by atoms with Crippen LogP contribution in [0.4, 0.5) is 4.39 Å². The molecule has 5 nitrogen and oxygen atoms in total. The minimum absolute atomic E-state index is 0.0600. The van der Waals surface area contributed by atoms with Gasteiger partial charge in [-0.05, 0) is 48.0 Å². The molecule has 3 aromatic carbocycles. The molecule has 4 aromatic rings. The number of aromatic carboxylic acids is 1. The van der Waals surface area contributed by atoms with Crippen LogP contribution in [0.1, 0.15) is 26.3 Å². The second-order valence-electron chi connectivity index (χ2n) is 7.00. The quantitative estimate of drug-likeness (QED) is 0.309. The molecule has 32 heavy (non-hydrogen) atoms. The molecule has 4 rings (SSSR count). The number of ketones is 1. The number of H-pyrrole nitrogens is 1. The predicted molar refractivity (Wildman–Crippen MR) is 122 cm³/mol. The van der Waals surface area contributed by atoms with Crippen molar-refractivity contribution >= 4 is 40.3 Å². The van der Waals surface area contributed by atoms with Gasteiger partial charge in [-0.25, -0.2) is 9.18 Å². The largest absolute Gasteiger partial charge is 0.478 e. The van der Waals surface area contributed by atoms with Gasteiger partial charge in [0, 0.05) is 27.1 Å². The molecular formula is C25H15ClFNO4. The minimum Gasteiger partial charge on any atom is -0.478 e. The van der Waals surface area contributed by atoms with Gasteiger partial charge in [0.05, 0.1) is 11.1 Å². The monoisotopic (exact) mass is 447 g/mol. The summed E-state index contributed by atoms with van der Waals surface area (Å²) in [5.41, 5.74) is 0.249. The number of halogens is 2. The number of carboxylic acids is 1. The van der Waals surface area contributed by atoms with Crippen LogP contribution in [0, 0.1) is 5.82 Å². The Morgan fingerprint density at radius 3 is 2.53 bits per heavy atom. The number of aromatic nitrogens is 1. The summed E-state index contributed by atoms with van der Waals surface area (Å²) in [5.74, 6) is -2.35. The van der Waals surface area contributed by atoms with Crippen LogP contribution in [0.3, 0.4) is 0 Å². The van der Waals surface area contributed by atoms with Gasteiger partial charge >= 0.3 is 5.97 Å². The van der Waals surface area contributed by atoms with Crippen LogP contribution in [0.5, 0.6) is 0 Å². The molecule has 0 aliphatic rings. The van der Waals surface area contributed by atoms with E-state index in [4.69, 9.17) is 16.7 Å². The van der Waals surface area contributed by atoms with E-state index in [1.807, 2.05) is 0 Å². The van der Waals surface area contributed by atoms with Crippen molar-refractivity contribution in [3.05, 3.63) is 111 Å². The van der Waals surface area contributed by atoms with Gasteiger partial charge in [-0.3, -0.25) is 9.59 Å². The molecular weight excluding hydrogens is 433 g/mol. The highest BCUT2D eigenvalue weighted by Crippen LogP contribution is 2.33. The van der Waals surface area contributed by atoms with E-state index in [2.05, 4.69) is 4.98 Å². The third-order valence-corrected chi connectivity index (χ3v) is 5.16. The average molecular weight is 448 g/mol. The average Bonchev–Trinajstić information content (AvgIpc) is 2.77. The number of carbonyl (C=O) groups is 2. The summed E-state index contributed by atoms with van der Waals surface area (Å²) in [7, 11) is 0. The fourth-order valence-corrected chi connectivity index (χ4v) is 3.65. The molecule has 2 N–H and O–H groups in total. The number of nitrogens with one attached hydrogen (secondary N) is 1. The summed E-state index contributed by atoms with van der Waals surface area (Å²) >= 11 is 6.14. The lowest BCUT2D eigenvalue weighted by Gasteiger charge is -2.12. The van der Waals surface area contributed by atoms with Crippen molar-refractivity contribution in [3.8, 4) is 11.1 Å². The van der Waals surface area contributed by atoms with E-state index in [-0.39, 0.29) is 22.3 Å². The van der Waals surface area contributed by atoms with Crippen molar-refractivity contribution in [1.82, 2.24) is 4.98 Å². The molecule has 0 saturated heterocycles. The number of benzene rings is 3. The number of carbonyl (C=O) groups excluding carboxylic acids is 1. The Kier molecular flexibility index (Phi) is 5.71. The summed E-state index contributed by atoms with van der Waals surface area (Å²) in [6.07, 6.45) is 2.56. The first-order chi connectivity index (χ1) is 15.3. The van der Waals surface area contributed by atoms with Crippen LogP contribution >= 0.6 is 11.6 Å². The number of carboxylic acid groups (broad SMARTS) is 1. The molecule has 0 radical (unpaired) electrons. The van der Waals surface area contributed by atoms with Gasteiger partial charge in [0.1, 0.15) is 5.82 Å². The molecule has 0 unspecified atom stereocenters. The molecule has 0 atom stereocenters. The maximum absolute atomic E-state index is 14.7. The molecule has 1 heterocycles. The summed E-state index contributed by atoms with van der Waals surface area (Å²) in [6.45, 7) is 0. The summed E-state index contributed by atoms with van der Waals surface area (Å²) in [4.78, 5) is 39.8. The van der Waals surface area contributed by atoms with Gasteiger partial charge in [-0.2, -0.15) is 0 Å². The Morgan fingerprint density at radius 2 is 1.78 bits per heavy atom. The molecule has 0 fully saturated rings. The highest BCUT2D eigenvalue weighted by molar-refractivity contribution is 6.31. The van der Waals surface area contributed by atoms with E-state index in [1.54, 1.807) is 36.4 Å². The summed E-state index contributed by atoms with van der Waals surface area (Å²) < 4.78 is 14.7. The van der Waals surface area contributed by atoms with Crippen LogP contribution in [-0.4, -0.2) is 21.8 Å². The highest BCUT2D eigenvalue weighted by Gasteiger charge is 2.21. The van der Waals surface area contributed by atoms with E-state index in [1.165, 1.54) is 36.4 Å². The van der Waals surface area contributed by atoms with Crippen molar-refractivity contribution in [1.29, 1.82) is 0 Å². The zero-order chi connectivity index (χ0) is 22.8. The smallest absolute Gasteiger partial charge is 0.335 e. The fourth-order valence-electron chi connectivity index (χ4n) is 3.47. The Morgan fingerprint density at radius 1 is 1.00 bits per heavy atom. The molecule has 0 bridgehead atoms. The number of rotatable bonds is 5. The molecule has 0 spiro atoms. The van der Waals surface area contributed by atoms with Gasteiger partial charge in [-0.15, -0.1) is 0 Å². The lowest BCUT2D eigenvalue weighted by Crippen LogP contribution is -2.19. The van der Waals surface area contributed by atoms with Crippen LogP contribution in [0.2, 0.25) is 5.02 Å². The van der Waals surface area contributed by atoms with Crippen molar-refractivity contribution in [2.75, 3.05) is 0 Å². The Bertz CT molecular complexity index is 1470. The Balaban J connectivity index is 1.91. The van der Waals surface area contributed by atoms with Crippen molar-refractivity contribution < 1.29 is 19.1 Å². The molecule has 0 amide bonds. The van der Waals surface area contributed by atoms with Gasteiger partial charge in [0.25, 0.3) is 5.56 Å². The molecule has 158 valence electrons. The van der Waals surface area contributed by atoms with Crippen LogP contribution in [-0.2, 0) is 0 Å². The third kappa shape index (κ3) is 4.08. The number of fused-ring (bicyclic) bond motifs is 1. The van der Waals surface area contributed by atoms with Crippen molar-refractivity contribution in [2.24, 2.45) is 0 Å². The highest BCUT2D eigenvalue weighted by atomic mass is 35.5. The lowest BCUT2D eigenvalue weighted by atomic mass is 9.93. The van der Waals surface area contributed by atoms with Gasteiger partial charge < -0.3 is 10.1 Å². The van der Waals surface area contributed by atoms with Gasteiger partial charge in [-0.1, -0.05) is 48.0 Å². The Hall–Kier alpha value is -4.03. The molecule has 0 aliphatic carbocycles. The number of hydrogen-bond donors (Lipinski definition) is 2. The summed E-state index contributed by atoms with van der Waals surface area (Å²) in [6, 6.07) is 16.6. The van der Waals surface area contributed by atoms with E-state index < -0.39 is 23.1 Å². The zero-order valence-corrected chi connectivity index (χ0v) is 17.2. The van der Waals surface area contributed by atoms with Crippen LogP contribution in [0.15, 0.2) is 77.6 Å². The molecule has 7 heteroatoms. The fraction of sp³-hybridized carbons (Fsp3) is 0. The first-order valence-electron chi connectivity index (χ1n) is 9.51. The van der Waals surface area contributed by atoms with E-state index in [9.17, 15) is 18.8 Å². The van der Waals surface area contributed by atoms with Crippen LogP contribution < -0.4 is 5.56 Å². The van der Waals surface area contributed by atoms with Gasteiger partial charge in [0.2, 0.25) is 0 Å².